The molecule has 138 valence electrons. The van der Waals surface area contributed by atoms with E-state index >= 15 is 0 Å². The van der Waals surface area contributed by atoms with Gasteiger partial charge >= 0.3 is 5.97 Å². The van der Waals surface area contributed by atoms with Gasteiger partial charge in [0.25, 0.3) is 0 Å². The van der Waals surface area contributed by atoms with Crippen molar-refractivity contribution in [1.29, 1.82) is 0 Å². The van der Waals surface area contributed by atoms with Crippen molar-refractivity contribution >= 4 is 5.97 Å². The molecule has 0 spiro atoms. The van der Waals surface area contributed by atoms with Crippen molar-refractivity contribution in [3.05, 3.63) is 47.8 Å². The zero-order valence-electron chi connectivity index (χ0n) is 14.9. The summed E-state index contributed by atoms with van der Waals surface area (Å²) in [7, 11) is 0. The Kier molecular flexibility index (Phi) is 7.59. The van der Waals surface area contributed by atoms with E-state index in [1.54, 1.807) is 12.1 Å². The maximum Gasteiger partial charge on any atom is 0.303 e. The van der Waals surface area contributed by atoms with Crippen LogP contribution in [0.1, 0.15) is 51.0 Å². The summed E-state index contributed by atoms with van der Waals surface area (Å²) in [4.78, 5) is 10.5. The number of aliphatic carboxylic acids is 1. The molecule has 1 aromatic rings. The fraction of sp³-hybridized carbons (Fsp3) is 0.550. The Bertz CT molecular complexity index is 585. The van der Waals surface area contributed by atoms with Gasteiger partial charge in [-0.25, -0.2) is 4.39 Å². The molecule has 1 heterocycles. The van der Waals surface area contributed by atoms with Crippen LogP contribution in [0.15, 0.2) is 36.4 Å². The van der Waals surface area contributed by atoms with Crippen molar-refractivity contribution in [1.82, 2.24) is 0 Å². The highest BCUT2D eigenvalue weighted by Gasteiger charge is 2.34. The second kappa shape index (κ2) is 9.68. The Balaban J connectivity index is 2.01. The van der Waals surface area contributed by atoms with Crippen molar-refractivity contribution in [2.24, 2.45) is 5.92 Å². The van der Waals surface area contributed by atoms with Crippen molar-refractivity contribution in [3.8, 4) is 0 Å². The molecule has 0 bridgehead atoms. The molecule has 0 aromatic heterocycles. The van der Waals surface area contributed by atoms with Crippen LogP contribution in [0.25, 0.3) is 0 Å². The molecule has 25 heavy (non-hydrogen) atoms. The molecule has 4 nitrogen and oxygen atoms in total. The highest BCUT2D eigenvalue weighted by atomic mass is 19.1. The van der Waals surface area contributed by atoms with Gasteiger partial charge in [0.2, 0.25) is 0 Å². The molecule has 0 saturated carbocycles. The number of unbranched alkanes of at least 4 members (excludes halogenated alkanes) is 1. The molecule has 5 heteroatoms. The molecule has 1 N–H and O–H groups in total. The summed E-state index contributed by atoms with van der Waals surface area (Å²) in [6.07, 6.45) is 5.69. The molecule has 1 aromatic carbocycles. The summed E-state index contributed by atoms with van der Waals surface area (Å²) in [6.45, 7) is 4.50. The molecule has 3 atom stereocenters. The SMILES string of the molecule is CC(C)C1OCC(c2ccccc2F)C(C/C=C\CCCC(=O)O)O1. The van der Waals surface area contributed by atoms with Gasteiger partial charge in [-0.2, -0.15) is 0 Å². The fourth-order valence-electron chi connectivity index (χ4n) is 2.97. The van der Waals surface area contributed by atoms with Crippen molar-refractivity contribution in [2.45, 2.75) is 57.8 Å². The average Bonchev–Trinajstić information content (AvgIpc) is 2.58. The summed E-state index contributed by atoms with van der Waals surface area (Å²) in [5, 5.41) is 8.65. The van der Waals surface area contributed by atoms with E-state index in [4.69, 9.17) is 14.6 Å². The summed E-state index contributed by atoms with van der Waals surface area (Å²) in [6, 6.07) is 6.75. The third-order valence-electron chi connectivity index (χ3n) is 4.34. The molecular formula is C20H27FO4. The first-order chi connectivity index (χ1) is 12.0. The third kappa shape index (κ3) is 5.94. The largest absolute Gasteiger partial charge is 0.481 e. The highest BCUT2D eigenvalue weighted by molar-refractivity contribution is 5.66. The van der Waals surface area contributed by atoms with Gasteiger partial charge in [-0.05, 0) is 30.9 Å². The number of benzene rings is 1. The van der Waals surface area contributed by atoms with Crippen molar-refractivity contribution in [3.63, 3.8) is 0 Å². The van der Waals surface area contributed by atoms with Gasteiger partial charge < -0.3 is 14.6 Å². The minimum atomic E-state index is -0.777. The van der Waals surface area contributed by atoms with Crippen molar-refractivity contribution < 1.29 is 23.8 Å². The topological polar surface area (TPSA) is 55.8 Å². The Hall–Kier alpha value is -1.72. The minimum absolute atomic E-state index is 0.153. The van der Waals surface area contributed by atoms with Gasteiger partial charge in [0, 0.05) is 18.3 Å². The number of ether oxygens (including phenoxy) is 2. The Morgan fingerprint density at radius 2 is 2.12 bits per heavy atom. The number of rotatable bonds is 8. The number of allylic oxidation sites excluding steroid dienone is 1. The molecule has 2 rings (SSSR count). The number of carbonyl (C=O) groups is 1. The first kappa shape index (κ1) is 19.6. The molecule has 0 amide bonds. The van der Waals surface area contributed by atoms with Crippen LogP contribution in [0, 0.1) is 11.7 Å². The Labute approximate surface area is 148 Å². The molecule has 1 aliphatic rings. The Morgan fingerprint density at radius 3 is 2.80 bits per heavy atom. The van der Waals surface area contributed by atoms with Crippen LogP contribution >= 0.6 is 0 Å². The quantitative estimate of drug-likeness (QED) is 0.554. The average molecular weight is 350 g/mol. The van der Waals surface area contributed by atoms with E-state index < -0.39 is 5.97 Å². The number of carboxylic acids is 1. The molecule has 3 unspecified atom stereocenters. The van der Waals surface area contributed by atoms with Gasteiger partial charge in [-0.3, -0.25) is 4.79 Å². The van der Waals surface area contributed by atoms with E-state index in [1.807, 2.05) is 32.1 Å². The monoisotopic (exact) mass is 350 g/mol. The smallest absolute Gasteiger partial charge is 0.303 e. The van der Waals surface area contributed by atoms with Crippen molar-refractivity contribution in [2.75, 3.05) is 6.61 Å². The van der Waals surface area contributed by atoms with E-state index in [2.05, 4.69) is 0 Å². The normalized spacial score (nSPS) is 24.1. The lowest BCUT2D eigenvalue weighted by Crippen LogP contribution is -2.41. The molecule has 1 aliphatic heterocycles. The van der Waals surface area contributed by atoms with Gasteiger partial charge in [0.1, 0.15) is 5.82 Å². The van der Waals surface area contributed by atoms with E-state index in [9.17, 15) is 9.18 Å². The first-order valence-corrected chi connectivity index (χ1v) is 8.87. The first-order valence-electron chi connectivity index (χ1n) is 8.87. The number of carboxylic acid groups (broad SMARTS) is 1. The summed E-state index contributed by atoms with van der Waals surface area (Å²) < 4.78 is 26.0. The fourth-order valence-corrected chi connectivity index (χ4v) is 2.97. The van der Waals surface area contributed by atoms with Crippen LogP contribution < -0.4 is 0 Å². The standard InChI is InChI=1S/C20H27FO4/c1-14(2)20-24-13-16(15-9-7-8-10-17(15)21)18(25-20)11-5-3-4-6-12-19(22)23/h3,5,7-10,14,16,18,20H,4,6,11-13H2,1-2H3,(H,22,23)/b5-3-. The lowest BCUT2D eigenvalue weighted by molar-refractivity contribution is -0.238. The van der Waals surface area contributed by atoms with E-state index in [-0.39, 0.29) is 36.5 Å². The van der Waals surface area contributed by atoms with E-state index in [1.165, 1.54) is 6.07 Å². The van der Waals surface area contributed by atoms with E-state index in [0.29, 0.717) is 31.4 Å². The summed E-state index contributed by atoms with van der Waals surface area (Å²) in [5.74, 6) is -0.942. The summed E-state index contributed by atoms with van der Waals surface area (Å²) >= 11 is 0. The zero-order chi connectivity index (χ0) is 18.2. The molecule has 1 fully saturated rings. The summed E-state index contributed by atoms with van der Waals surface area (Å²) in [5.41, 5.74) is 0.619. The lowest BCUT2D eigenvalue weighted by atomic mass is 9.90. The van der Waals surface area contributed by atoms with Crippen LogP contribution in [-0.4, -0.2) is 30.1 Å². The molecule has 1 saturated heterocycles. The molecule has 0 aliphatic carbocycles. The third-order valence-corrected chi connectivity index (χ3v) is 4.34. The second-order valence-corrected chi connectivity index (χ2v) is 6.74. The number of halogens is 1. The van der Waals surface area contributed by atoms with Crippen LogP contribution in [0.5, 0.6) is 0 Å². The maximum absolute atomic E-state index is 14.2. The number of hydrogen-bond acceptors (Lipinski definition) is 3. The highest BCUT2D eigenvalue weighted by Crippen LogP contribution is 2.33. The Morgan fingerprint density at radius 1 is 1.36 bits per heavy atom. The van der Waals surface area contributed by atoms with Gasteiger partial charge in [0.15, 0.2) is 6.29 Å². The predicted molar refractivity (Wildman–Crippen MR) is 93.8 cm³/mol. The molecular weight excluding hydrogens is 323 g/mol. The maximum atomic E-state index is 14.2. The van der Waals surface area contributed by atoms with Gasteiger partial charge in [-0.1, -0.05) is 44.2 Å². The molecule has 0 radical (unpaired) electrons. The predicted octanol–water partition coefficient (Wildman–Crippen LogP) is 4.51. The van der Waals surface area contributed by atoms with Gasteiger partial charge in [-0.15, -0.1) is 0 Å². The van der Waals surface area contributed by atoms with Crippen LogP contribution in [0.2, 0.25) is 0 Å². The van der Waals surface area contributed by atoms with Crippen LogP contribution in [0.4, 0.5) is 4.39 Å². The number of hydrogen-bond donors (Lipinski definition) is 1. The van der Waals surface area contributed by atoms with E-state index in [0.717, 1.165) is 0 Å². The minimum Gasteiger partial charge on any atom is -0.481 e. The second-order valence-electron chi connectivity index (χ2n) is 6.74. The van der Waals surface area contributed by atoms with Crippen LogP contribution in [-0.2, 0) is 14.3 Å². The lowest BCUT2D eigenvalue weighted by Gasteiger charge is -2.38. The van der Waals surface area contributed by atoms with Gasteiger partial charge in [0.05, 0.1) is 12.7 Å². The van der Waals surface area contributed by atoms with Crippen LogP contribution in [0.3, 0.4) is 0 Å². The zero-order valence-corrected chi connectivity index (χ0v) is 14.9.